The third kappa shape index (κ3) is 3.04. The van der Waals surface area contributed by atoms with Crippen LogP contribution in [0.3, 0.4) is 0 Å². The Labute approximate surface area is 117 Å². The van der Waals surface area contributed by atoms with Crippen molar-refractivity contribution in [1.29, 1.82) is 0 Å². The number of thiophene rings is 1. The van der Waals surface area contributed by atoms with Crippen molar-refractivity contribution in [1.82, 2.24) is 9.97 Å². The second-order valence-electron chi connectivity index (χ2n) is 4.95. The van der Waals surface area contributed by atoms with E-state index < -0.39 is 0 Å². The van der Waals surface area contributed by atoms with Gasteiger partial charge in [0.2, 0.25) is 5.95 Å². The first-order chi connectivity index (χ1) is 9.31. The molecule has 0 aromatic carbocycles. The molecule has 0 unspecified atom stereocenters. The van der Waals surface area contributed by atoms with Crippen molar-refractivity contribution in [3.8, 4) is 10.6 Å². The summed E-state index contributed by atoms with van der Waals surface area (Å²) in [7, 11) is 0. The van der Waals surface area contributed by atoms with Crippen molar-refractivity contribution >= 4 is 23.1 Å². The fourth-order valence-corrected chi connectivity index (χ4v) is 3.23. The number of nitrogen functional groups attached to an aromatic ring is 1. The Morgan fingerprint density at radius 3 is 2.79 bits per heavy atom. The van der Waals surface area contributed by atoms with Crippen molar-refractivity contribution in [2.24, 2.45) is 0 Å². The van der Waals surface area contributed by atoms with Gasteiger partial charge in [0.15, 0.2) is 0 Å². The molecular formula is C14H18N4S. The summed E-state index contributed by atoms with van der Waals surface area (Å²) < 4.78 is 0. The highest BCUT2D eigenvalue weighted by molar-refractivity contribution is 7.13. The van der Waals surface area contributed by atoms with Crippen LogP contribution in [0.1, 0.15) is 32.1 Å². The topological polar surface area (TPSA) is 63.8 Å². The number of aromatic nitrogens is 2. The van der Waals surface area contributed by atoms with Crippen LogP contribution in [0.4, 0.5) is 11.8 Å². The van der Waals surface area contributed by atoms with Gasteiger partial charge in [-0.2, -0.15) is 4.98 Å². The summed E-state index contributed by atoms with van der Waals surface area (Å²) in [5, 5.41) is 5.54. The Balaban J connectivity index is 1.81. The van der Waals surface area contributed by atoms with E-state index in [1.54, 1.807) is 11.3 Å². The lowest BCUT2D eigenvalue weighted by atomic mass is 9.95. The molecule has 100 valence electrons. The van der Waals surface area contributed by atoms with E-state index in [1.807, 2.05) is 17.5 Å². The van der Waals surface area contributed by atoms with Gasteiger partial charge in [-0.15, -0.1) is 11.3 Å². The van der Waals surface area contributed by atoms with E-state index in [0.29, 0.717) is 12.0 Å². The third-order valence-electron chi connectivity index (χ3n) is 3.47. The average Bonchev–Trinajstić information content (AvgIpc) is 2.93. The Bertz CT molecular complexity index is 532. The number of hydrogen-bond acceptors (Lipinski definition) is 5. The first-order valence-corrected chi connectivity index (χ1v) is 7.64. The predicted molar refractivity (Wildman–Crippen MR) is 80.3 cm³/mol. The molecular weight excluding hydrogens is 256 g/mol. The Morgan fingerprint density at radius 1 is 1.21 bits per heavy atom. The van der Waals surface area contributed by atoms with Crippen molar-refractivity contribution < 1.29 is 0 Å². The lowest BCUT2D eigenvalue weighted by Crippen LogP contribution is -2.23. The first-order valence-electron chi connectivity index (χ1n) is 6.76. The summed E-state index contributed by atoms with van der Waals surface area (Å²) in [6.07, 6.45) is 6.40. The molecule has 0 saturated heterocycles. The van der Waals surface area contributed by atoms with E-state index in [9.17, 15) is 0 Å². The van der Waals surface area contributed by atoms with Gasteiger partial charge in [-0.3, -0.25) is 0 Å². The minimum atomic E-state index is 0.337. The summed E-state index contributed by atoms with van der Waals surface area (Å²) in [5.74, 6) is 1.19. The Morgan fingerprint density at radius 2 is 2.05 bits per heavy atom. The van der Waals surface area contributed by atoms with E-state index >= 15 is 0 Å². The van der Waals surface area contributed by atoms with Crippen molar-refractivity contribution in [2.75, 3.05) is 11.1 Å². The standard InChI is InChI=1S/C14H18N4S/c15-14-17-11(12-7-4-8-19-12)9-13(18-14)16-10-5-2-1-3-6-10/h4,7-10H,1-3,5-6H2,(H3,15,16,17,18). The largest absolute Gasteiger partial charge is 0.368 e. The first kappa shape index (κ1) is 12.4. The Hall–Kier alpha value is -1.62. The average molecular weight is 274 g/mol. The van der Waals surface area contributed by atoms with Crippen LogP contribution in [0.5, 0.6) is 0 Å². The van der Waals surface area contributed by atoms with Gasteiger partial charge in [-0.05, 0) is 24.3 Å². The fourth-order valence-electron chi connectivity index (χ4n) is 2.55. The molecule has 4 nitrogen and oxygen atoms in total. The van der Waals surface area contributed by atoms with Crippen molar-refractivity contribution in [3.63, 3.8) is 0 Å². The number of anilines is 2. The van der Waals surface area contributed by atoms with Crippen LogP contribution in [-0.4, -0.2) is 16.0 Å². The molecule has 19 heavy (non-hydrogen) atoms. The number of nitrogens with zero attached hydrogens (tertiary/aromatic N) is 2. The zero-order valence-electron chi connectivity index (χ0n) is 10.8. The molecule has 1 aliphatic rings. The number of rotatable bonds is 3. The van der Waals surface area contributed by atoms with Gasteiger partial charge in [0.25, 0.3) is 0 Å². The summed E-state index contributed by atoms with van der Waals surface area (Å²) in [4.78, 5) is 9.73. The molecule has 2 aromatic rings. The van der Waals surface area contributed by atoms with E-state index in [2.05, 4.69) is 21.4 Å². The molecule has 0 radical (unpaired) electrons. The highest BCUT2D eigenvalue weighted by atomic mass is 32.1. The molecule has 3 rings (SSSR count). The molecule has 0 bridgehead atoms. The quantitative estimate of drug-likeness (QED) is 0.898. The van der Waals surface area contributed by atoms with E-state index in [0.717, 1.165) is 16.4 Å². The summed E-state index contributed by atoms with van der Waals surface area (Å²) in [6.45, 7) is 0. The molecule has 0 amide bonds. The number of nitrogens with one attached hydrogen (secondary N) is 1. The molecule has 0 atom stereocenters. The zero-order valence-corrected chi connectivity index (χ0v) is 11.6. The van der Waals surface area contributed by atoms with Crippen LogP contribution in [0.2, 0.25) is 0 Å². The van der Waals surface area contributed by atoms with Crippen LogP contribution in [0.15, 0.2) is 23.6 Å². The lowest BCUT2D eigenvalue weighted by Gasteiger charge is -2.23. The van der Waals surface area contributed by atoms with E-state index in [1.165, 1.54) is 32.1 Å². The number of nitrogens with two attached hydrogens (primary N) is 1. The second-order valence-corrected chi connectivity index (χ2v) is 5.90. The lowest BCUT2D eigenvalue weighted by molar-refractivity contribution is 0.462. The molecule has 1 aliphatic carbocycles. The molecule has 5 heteroatoms. The van der Waals surface area contributed by atoms with E-state index in [4.69, 9.17) is 5.73 Å². The normalized spacial score (nSPS) is 16.4. The molecule has 2 aromatic heterocycles. The molecule has 3 N–H and O–H groups in total. The fraction of sp³-hybridized carbons (Fsp3) is 0.429. The smallest absolute Gasteiger partial charge is 0.222 e. The van der Waals surface area contributed by atoms with Gasteiger partial charge in [0, 0.05) is 12.1 Å². The summed E-state index contributed by atoms with van der Waals surface area (Å²) >= 11 is 1.67. The van der Waals surface area contributed by atoms with Crippen LogP contribution in [0, 0.1) is 0 Å². The van der Waals surface area contributed by atoms with Crippen LogP contribution in [0.25, 0.3) is 10.6 Å². The predicted octanol–water partition coefficient (Wildman–Crippen LogP) is 3.53. The number of hydrogen-bond donors (Lipinski definition) is 2. The summed E-state index contributed by atoms with van der Waals surface area (Å²) in [5.41, 5.74) is 6.72. The molecule has 0 aliphatic heterocycles. The van der Waals surface area contributed by atoms with Gasteiger partial charge in [0.05, 0.1) is 10.6 Å². The summed E-state index contributed by atoms with van der Waals surface area (Å²) in [6, 6.07) is 6.60. The molecule has 1 saturated carbocycles. The SMILES string of the molecule is Nc1nc(NC2CCCCC2)cc(-c2cccs2)n1. The minimum Gasteiger partial charge on any atom is -0.368 e. The van der Waals surface area contributed by atoms with Gasteiger partial charge in [-0.25, -0.2) is 4.98 Å². The van der Waals surface area contributed by atoms with Gasteiger partial charge in [0.1, 0.15) is 5.82 Å². The maximum atomic E-state index is 5.81. The van der Waals surface area contributed by atoms with Crippen molar-refractivity contribution in [2.45, 2.75) is 38.1 Å². The Kier molecular flexibility index (Phi) is 3.64. The maximum Gasteiger partial charge on any atom is 0.222 e. The van der Waals surface area contributed by atoms with E-state index in [-0.39, 0.29) is 0 Å². The monoisotopic (exact) mass is 274 g/mol. The van der Waals surface area contributed by atoms with Gasteiger partial charge < -0.3 is 11.1 Å². The van der Waals surface area contributed by atoms with Crippen molar-refractivity contribution in [3.05, 3.63) is 23.6 Å². The molecule has 0 spiro atoms. The highest BCUT2D eigenvalue weighted by Crippen LogP contribution is 2.26. The van der Waals surface area contributed by atoms with Crippen LogP contribution in [-0.2, 0) is 0 Å². The maximum absolute atomic E-state index is 5.81. The van der Waals surface area contributed by atoms with Crippen LogP contribution >= 0.6 is 11.3 Å². The highest BCUT2D eigenvalue weighted by Gasteiger charge is 2.14. The third-order valence-corrected chi connectivity index (χ3v) is 4.37. The van der Waals surface area contributed by atoms with Gasteiger partial charge in [-0.1, -0.05) is 25.3 Å². The zero-order chi connectivity index (χ0) is 13.1. The second kappa shape index (κ2) is 5.57. The minimum absolute atomic E-state index is 0.337. The molecule has 1 fully saturated rings. The van der Waals surface area contributed by atoms with Crippen LogP contribution < -0.4 is 11.1 Å². The van der Waals surface area contributed by atoms with Gasteiger partial charge >= 0.3 is 0 Å². The molecule has 2 heterocycles.